The van der Waals surface area contributed by atoms with Crippen molar-refractivity contribution in [2.75, 3.05) is 0 Å². The van der Waals surface area contributed by atoms with E-state index in [-0.39, 0.29) is 17.5 Å². The number of halogens is 2. The number of nitrogens with one attached hydrogen (secondary N) is 1. The summed E-state index contributed by atoms with van der Waals surface area (Å²) in [7, 11) is 0. The zero-order valence-corrected chi connectivity index (χ0v) is 13.3. The maximum atomic E-state index is 13.4. The molecule has 0 bridgehead atoms. The molecule has 1 aliphatic rings. The van der Waals surface area contributed by atoms with Crippen molar-refractivity contribution in [1.29, 1.82) is 0 Å². The predicted molar refractivity (Wildman–Crippen MR) is 86.3 cm³/mol. The molecule has 2 unspecified atom stereocenters. The van der Waals surface area contributed by atoms with E-state index in [0.717, 1.165) is 0 Å². The summed E-state index contributed by atoms with van der Waals surface area (Å²) in [5, 5.41) is 13.1. The Morgan fingerprint density at radius 3 is 2.38 bits per heavy atom. The molecule has 0 aromatic heterocycles. The van der Waals surface area contributed by atoms with Crippen LogP contribution in [-0.2, 0) is 10.2 Å². The quantitative estimate of drug-likeness (QED) is 0.884. The number of hydrogen-bond donors (Lipinski definition) is 2. The highest BCUT2D eigenvalue weighted by atomic mass is 19.1. The van der Waals surface area contributed by atoms with Crippen LogP contribution >= 0.6 is 0 Å². The van der Waals surface area contributed by atoms with E-state index in [1.807, 2.05) is 0 Å². The largest absolute Gasteiger partial charge is 0.386 e. The average molecular weight is 331 g/mol. The number of aliphatic hydroxyl groups excluding tert-OH is 1. The summed E-state index contributed by atoms with van der Waals surface area (Å²) in [6.07, 6.45) is 0.362. The number of carbonyl (C=O) groups excluding carboxylic acids is 1. The summed E-state index contributed by atoms with van der Waals surface area (Å²) in [5.41, 5.74) is 0.474. The lowest BCUT2D eigenvalue weighted by molar-refractivity contribution is -0.125. The highest BCUT2D eigenvalue weighted by Crippen LogP contribution is 2.48. The maximum Gasteiger partial charge on any atom is 0.230 e. The van der Waals surface area contributed by atoms with Gasteiger partial charge < -0.3 is 10.4 Å². The van der Waals surface area contributed by atoms with Gasteiger partial charge in [-0.2, -0.15) is 0 Å². The summed E-state index contributed by atoms with van der Waals surface area (Å²) in [5.74, 6) is -0.974. The van der Waals surface area contributed by atoms with Crippen LogP contribution in [0.4, 0.5) is 8.78 Å². The summed E-state index contributed by atoms with van der Waals surface area (Å²) >= 11 is 0. The first-order valence-electron chi connectivity index (χ1n) is 7.93. The second kappa shape index (κ2) is 6.32. The molecule has 3 nitrogen and oxygen atoms in total. The smallest absolute Gasteiger partial charge is 0.230 e. The fourth-order valence-electron chi connectivity index (χ4n) is 2.93. The molecule has 1 aliphatic carbocycles. The molecule has 1 amide bonds. The second-order valence-electron chi connectivity index (χ2n) is 6.35. The second-order valence-corrected chi connectivity index (χ2v) is 6.35. The fourth-order valence-corrected chi connectivity index (χ4v) is 2.93. The van der Waals surface area contributed by atoms with Gasteiger partial charge >= 0.3 is 0 Å². The third kappa shape index (κ3) is 3.17. The normalized spacial score (nSPS) is 17.8. The van der Waals surface area contributed by atoms with Gasteiger partial charge in [0.25, 0.3) is 0 Å². The molecule has 0 saturated heterocycles. The van der Waals surface area contributed by atoms with Crippen molar-refractivity contribution in [2.24, 2.45) is 0 Å². The molecule has 3 rings (SSSR count). The minimum absolute atomic E-state index is 0.221. The fraction of sp³-hybridized carbons (Fsp3) is 0.316. The van der Waals surface area contributed by atoms with Crippen LogP contribution in [0.1, 0.15) is 37.0 Å². The number of benzene rings is 2. The topological polar surface area (TPSA) is 49.3 Å². The van der Waals surface area contributed by atoms with Crippen LogP contribution in [0.15, 0.2) is 48.5 Å². The lowest BCUT2D eigenvalue weighted by Gasteiger charge is -2.24. The Bertz CT molecular complexity index is 741. The number of aliphatic hydroxyl groups is 1. The van der Waals surface area contributed by atoms with Crippen molar-refractivity contribution >= 4 is 5.91 Å². The highest BCUT2D eigenvalue weighted by Gasteiger charge is 2.51. The maximum absolute atomic E-state index is 13.4. The van der Waals surface area contributed by atoms with Crippen LogP contribution < -0.4 is 5.32 Å². The summed E-state index contributed by atoms with van der Waals surface area (Å²) < 4.78 is 26.4. The van der Waals surface area contributed by atoms with E-state index in [1.165, 1.54) is 36.4 Å². The molecule has 0 heterocycles. The van der Waals surface area contributed by atoms with Crippen LogP contribution in [0.5, 0.6) is 0 Å². The van der Waals surface area contributed by atoms with Gasteiger partial charge in [-0.05, 0) is 55.2 Å². The summed E-state index contributed by atoms with van der Waals surface area (Å²) in [4.78, 5) is 12.6. The van der Waals surface area contributed by atoms with Gasteiger partial charge in [0.1, 0.15) is 11.6 Å². The van der Waals surface area contributed by atoms with Crippen molar-refractivity contribution in [1.82, 2.24) is 5.32 Å². The number of amides is 1. The molecule has 0 radical (unpaired) electrons. The van der Waals surface area contributed by atoms with Gasteiger partial charge in [0.15, 0.2) is 0 Å². The molecule has 2 N–H and O–H groups in total. The van der Waals surface area contributed by atoms with E-state index >= 15 is 0 Å². The monoisotopic (exact) mass is 331 g/mol. The minimum atomic E-state index is -0.946. The molecular weight excluding hydrogens is 312 g/mol. The third-order valence-electron chi connectivity index (χ3n) is 4.61. The van der Waals surface area contributed by atoms with Gasteiger partial charge in [-0.25, -0.2) is 8.78 Å². The van der Waals surface area contributed by atoms with Gasteiger partial charge in [0.05, 0.1) is 17.6 Å². The minimum Gasteiger partial charge on any atom is -0.386 e. The van der Waals surface area contributed by atoms with Gasteiger partial charge in [-0.15, -0.1) is 0 Å². The highest BCUT2D eigenvalue weighted by molar-refractivity contribution is 5.91. The van der Waals surface area contributed by atoms with E-state index in [2.05, 4.69) is 5.32 Å². The lowest BCUT2D eigenvalue weighted by Crippen LogP contribution is -2.43. The average Bonchev–Trinajstić information content (AvgIpc) is 3.37. The molecule has 2 atom stereocenters. The standard InChI is InChI=1S/C19H19F2NO2/c1-12(17(23)13-5-7-15(20)8-6-13)22-18(24)19(9-10-19)14-3-2-4-16(21)11-14/h2-8,11-12,17,23H,9-10H2,1H3,(H,22,24). The van der Waals surface area contributed by atoms with E-state index in [0.29, 0.717) is 24.0 Å². The first-order chi connectivity index (χ1) is 11.4. The predicted octanol–water partition coefficient (Wildman–Crippen LogP) is 3.23. The van der Waals surface area contributed by atoms with E-state index in [1.54, 1.807) is 19.1 Å². The van der Waals surface area contributed by atoms with Gasteiger partial charge in [0.2, 0.25) is 5.91 Å². The Morgan fingerprint density at radius 2 is 1.79 bits per heavy atom. The Balaban J connectivity index is 1.71. The Morgan fingerprint density at radius 1 is 1.12 bits per heavy atom. The van der Waals surface area contributed by atoms with Gasteiger partial charge in [0, 0.05) is 0 Å². The van der Waals surface area contributed by atoms with E-state index < -0.39 is 17.6 Å². The van der Waals surface area contributed by atoms with Crippen LogP contribution in [-0.4, -0.2) is 17.1 Å². The molecule has 0 aliphatic heterocycles. The van der Waals surface area contributed by atoms with Crippen molar-refractivity contribution < 1.29 is 18.7 Å². The zero-order chi connectivity index (χ0) is 17.3. The SMILES string of the molecule is CC(NC(=O)C1(c2cccc(F)c2)CC1)C(O)c1ccc(F)cc1. The van der Waals surface area contributed by atoms with Crippen LogP contribution in [0.2, 0.25) is 0 Å². The third-order valence-corrected chi connectivity index (χ3v) is 4.61. The molecule has 5 heteroatoms. The molecule has 1 saturated carbocycles. The van der Waals surface area contributed by atoms with Crippen molar-refractivity contribution in [3.05, 3.63) is 71.3 Å². The van der Waals surface area contributed by atoms with Crippen molar-refractivity contribution in [3.8, 4) is 0 Å². The Hall–Kier alpha value is -2.27. The first-order valence-corrected chi connectivity index (χ1v) is 7.93. The van der Waals surface area contributed by atoms with Crippen molar-refractivity contribution in [2.45, 2.75) is 37.3 Å². The first kappa shape index (κ1) is 16.6. The van der Waals surface area contributed by atoms with Crippen LogP contribution in [0.25, 0.3) is 0 Å². The van der Waals surface area contributed by atoms with E-state index in [4.69, 9.17) is 0 Å². The molecule has 2 aromatic rings. The number of carbonyl (C=O) groups is 1. The summed E-state index contributed by atoms with van der Waals surface area (Å²) in [6.45, 7) is 1.69. The van der Waals surface area contributed by atoms with Crippen LogP contribution in [0.3, 0.4) is 0 Å². The van der Waals surface area contributed by atoms with Gasteiger partial charge in [-0.3, -0.25) is 4.79 Å². The molecule has 24 heavy (non-hydrogen) atoms. The van der Waals surface area contributed by atoms with Crippen molar-refractivity contribution in [3.63, 3.8) is 0 Å². The van der Waals surface area contributed by atoms with Crippen LogP contribution in [0, 0.1) is 11.6 Å². The Labute approximate surface area is 139 Å². The van der Waals surface area contributed by atoms with Gasteiger partial charge in [-0.1, -0.05) is 24.3 Å². The molecule has 126 valence electrons. The number of rotatable bonds is 5. The lowest BCUT2D eigenvalue weighted by atomic mass is 9.94. The number of hydrogen-bond acceptors (Lipinski definition) is 2. The Kier molecular flexibility index (Phi) is 4.37. The zero-order valence-electron chi connectivity index (χ0n) is 13.3. The van der Waals surface area contributed by atoms with E-state index in [9.17, 15) is 18.7 Å². The molecule has 1 fully saturated rings. The summed E-state index contributed by atoms with van der Waals surface area (Å²) in [6, 6.07) is 11.0. The molecular formula is C19H19F2NO2. The molecule has 2 aromatic carbocycles. The molecule has 0 spiro atoms.